The number of nitrogens with zero attached hydrogens (tertiary/aromatic N) is 3. The molecule has 1 atom stereocenters. The Morgan fingerprint density at radius 2 is 2.12 bits per heavy atom. The van der Waals surface area contributed by atoms with Crippen molar-refractivity contribution in [3.8, 4) is 0 Å². The van der Waals surface area contributed by atoms with Gasteiger partial charge in [0, 0.05) is 4.88 Å². The van der Waals surface area contributed by atoms with E-state index < -0.39 is 0 Å². The standard InChI is InChI=1S/C18H17ClN4O2S/c19-14-8-6-12(26-14)10-22-17(24)13-7-9-15(20)21-16(13)23(18(22)25)11-4-2-1-3-5-11/h2,4,6-9,11H,1,3,5,10H2,(H2,20,21). The molecular formula is C18H17ClN4O2S. The van der Waals surface area contributed by atoms with Crippen LogP contribution in [0.1, 0.15) is 30.2 Å². The molecule has 2 N–H and O–H groups in total. The van der Waals surface area contributed by atoms with Gasteiger partial charge >= 0.3 is 5.69 Å². The lowest BCUT2D eigenvalue weighted by Crippen LogP contribution is -2.42. The van der Waals surface area contributed by atoms with Crippen LogP contribution in [0.4, 0.5) is 5.82 Å². The monoisotopic (exact) mass is 388 g/mol. The molecule has 0 aromatic carbocycles. The summed E-state index contributed by atoms with van der Waals surface area (Å²) in [4.78, 5) is 31.3. The minimum Gasteiger partial charge on any atom is -0.384 e. The SMILES string of the molecule is Nc1ccc2c(=O)n(Cc3ccc(Cl)s3)c(=O)n(C3C=CCCC3)c2n1. The Labute approximate surface area is 158 Å². The van der Waals surface area contributed by atoms with Crippen LogP contribution < -0.4 is 17.0 Å². The third-order valence-electron chi connectivity index (χ3n) is 4.54. The van der Waals surface area contributed by atoms with E-state index in [1.165, 1.54) is 15.9 Å². The average Bonchev–Trinajstić information content (AvgIpc) is 3.04. The lowest BCUT2D eigenvalue weighted by molar-refractivity contribution is 0.487. The van der Waals surface area contributed by atoms with E-state index in [4.69, 9.17) is 17.3 Å². The normalized spacial score (nSPS) is 17.0. The summed E-state index contributed by atoms with van der Waals surface area (Å²) >= 11 is 7.34. The van der Waals surface area contributed by atoms with Crippen molar-refractivity contribution in [3.05, 3.63) is 66.5 Å². The third kappa shape index (κ3) is 2.97. The van der Waals surface area contributed by atoms with Crippen LogP contribution in [0.3, 0.4) is 0 Å². The van der Waals surface area contributed by atoms with E-state index in [1.807, 2.05) is 12.1 Å². The fourth-order valence-electron chi connectivity index (χ4n) is 3.31. The van der Waals surface area contributed by atoms with Crippen molar-refractivity contribution in [2.75, 3.05) is 5.73 Å². The molecule has 3 aromatic heterocycles. The van der Waals surface area contributed by atoms with Gasteiger partial charge in [-0.25, -0.2) is 9.78 Å². The van der Waals surface area contributed by atoms with Gasteiger partial charge in [-0.05, 0) is 43.5 Å². The van der Waals surface area contributed by atoms with Crippen LogP contribution in [0.2, 0.25) is 4.34 Å². The van der Waals surface area contributed by atoms with Crippen molar-refractivity contribution in [2.24, 2.45) is 0 Å². The topological polar surface area (TPSA) is 82.9 Å². The number of hydrogen-bond acceptors (Lipinski definition) is 5. The summed E-state index contributed by atoms with van der Waals surface area (Å²) in [6.45, 7) is 0.186. The zero-order valence-electron chi connectivity index (χ0n) is 13.9. The van der Waals surface area contributed by atoms with E-state index in [-0.39, 0.29) is 29.7 Å². The number of fused-ring (bicyclic) bond motifs is 1. The Hall–Kier alpha value is -2.38. The van der Waals surface area contributed by atoms with Gasteiger partial charge in [0.05, 0.1) is 22.3 Å². The molecule has 6 nitrogen and oxygen atoms in total. The average molecular weight is 389 g/mol. The smallest absolute Gasteiger partial charge is 0.333 e. The van der Waals surface area contributed by atoms with Gasteiger partial charge in [-0.3, -0.25) is 13.9 Å². The summed E-state index contributed by atoms with van der Waals surface area (Å²) in [6.07, 6.45) is 6.87. The number of nitrogens with two attached hydrogens (primary N) is 1. The van der Waals surface area contributed by atoms with Crippen molar-refractivity contribution >= 4 is 39.8 Å². The van der Waals surface area contributed by atoms with E-state index in [9.17, 15) is 9.59 Å². The van der Waals surface area contributed by atoms with Gasteiger partial charge in [0.1, 0.15) is 5.82 Å². The summed E-state index contributed by atoms with van der Waals surface area (Å²) in [5.41, 5.74) is 5.43. The lowest BCUT2D eigenvalue weighted by atomic mass is 10.0. The van der Waals surface area contributed by atoms with E-state index in [0.29, 0.717) is 15.4 Å². The highest BCUT2D eigenvalue weighted by molar-refractivity contribution is 7.16. The number of pyridine rings is 1. The Kier molecular flexibility index (Phi) is 4.42. The summed E-state index contributed by atoms with van der Waals surface area (Å²) in [6, 6.07) is 6.68. The molecule has 1 aliphatic carbocycles. The fourth-order valence-corrected chi connectivity index (χ4v) is 4.38. The summed E-state index contributed by atoms with van der Waals surface area (Å²) in [5, 5.41) is 0.389. The Bertz CT molecular complexity index is 1130. The van der Waals surface area contributed by atoms with Crippen molar-refractivity contribution in [2.45, 2.75) is 31.8 Å². The highest BCUT2D eigenvalue weighted by Crippen LogP contribution is 2.24. The van der Waals surface area contributed by atoms with Crippen molar-refractivity contribution in [1.29, 1.82) is 0 Å². The number of allylic oxidation sites excluding steroid dienone is 2. The summed E-state index contributed by atoms with van der Waals surface area (Å²) in [5.74, 6) is 0.285. The zero-order valence-corrected chi connectivity index (χ0v) is 15.5. The molecule has 3 heterocycles. The number of aromatic nitrogens is 3. The highest BCUT2D eigenvalue weighted by atomic mass is 35.5. The number of halogens is 1. The molecule has 0 bridgehead atoms. The maximum absolute atomic E-state index is 13.2. The molecule has 4 rings (SSSR count). The van der Waals surface area contributed by atoms with Gasteiger partial charge in [-0.15, -0.1) is 11.3 Å². The second-order valence-corrected chi connectivity index (χ2v) is 8.08. The number of hydrogen-bond donors (Lipinski definition) is 1. The van der Waals surface area contributed by atoms with E-state index in [1.54, 1.807) is 22.8 Å². The Balaban J connectivity index is 1.99. The Morgan fingerprint density at radius 3 is 2.81 bits per heavy atom. The molecule has 0 saturated heterocycles. The molecule has 0 spiro atoms. The van der Waals surface area contributed by atoms with Gasteiger partial charge in [0.2, 0.25) is 0 Å². The largest absolute Gasteiger partial charge is 0.384 e. The Morgan fingerprint density at radius 1 is 1.27 bits per heavy atom. The van der Waals surface area contributed by atoms with E-state index in [2.05, 4.69) is 11.1 Å². The molecule has 0 saturated carbocycles. The van der Waals surface area contributed by atoms with Crippen LogP contribution in [0, 0.1) is 0 Å². The first kappa shape index (κ1) is 17.1. The molecule has 0 aliphatic heterocycles. The van der Waals surface area contributed by atoms with Crippen LogP contribution in [0.15, 0.2) is 46.0 Å². The molecule has 0 radical (unpaired) electrons. The number of thiophene rings is 1. The van der Waals surface area contributed by atoms with Crippen LogP contribution in [-0.2, 0) is 6.54 Å². The van der Waals surface area contributed by atoms with Gasteiger partial charge in [0.25, 0.3) is 5.56 Å². The minimum atomic E-state index is -0.373. The lowest BCUT2D eigenvalue weighted by Gasteiger charge is -2.22. The number of rotatable bonds is 3. The molecule has 26 heavy (non-hydrogen) atoms. The zero-order chi connectivity index (χ0) is 18.3. The van der Waals surface area contributed by atoms with E-state index >= 15 is 0 Å². The quantitative estimate of drug-likeness (QED) is 0.698. The third-order valence-corrected chi connectivity index (χ3v) is 5.76. The van der Waals surface area contributed by atoms with Gasteiger partial charge < -0.3 is 5.73 Å². The molecule has 8 heteroatoms. The first-order valence-electron chi connectivity index (χ1n) is 8.37. The predicted octanol–water partition coefficient (Wildman–Crippen LogP) is 3.18. The van der Waals surface area contributed by atoms with Gasteiger partial charge in [-0.1, -0.05) is 23.8 Å². The molecule has 0 amide bonds. The molecule has 134 valence electrons. The first-order chi connectivity index (χ1) is 12.5. The van der Waals surface area contributed by atoms with Crippen LogP contribution >= 0.6 is 22.9 Å². The van der Waals surface area contributed by atoms with E-state index in [0.717, 1.165) is 24.1 Å². The van der Waals surface area contributed by atoms with Crippen LogP contribution in [0.25, 0.3) is 11.0 Å². The second kappa shape index (κ2) is 6.74. The van der Waals surface area contributed by atoms with Crippen LogP contribution in [0.5, 0.6) is 0 Å². The molecule has 1 aliphatic rings. The van der Waals surface area contributed by atoms with Gasteiger partial charge in [-0.2, -0.15) is 0 Å². The minimum absolute atomic E-state index is 0.133. The molecule has 0 fully saturated rings. The maximum Gasteiger partial charge on any atom is 0.333 e. The van der Waals surface area contributed by atoms with Crippen molar-refractivity contribution in [3.63, 3.8) is 0 Å². The number of anilines is 1. The molecular weight excluding hydrogens is 372 g/mol. The number of nitrogen functional groups attached to an aromatic ring is 1. The van der Waals surface area contributed by atoms with Crippen molar-refractivity contribution < 1.29 is 0 Å². The summed E-state index contributed by atoms with van der Waals surface area (Å²) in [7, 11) is 0. The fraction of sp³-hybridized carbons (Fsp3) is 0.278. The first-order valence-corrected chi connectivity index (χ1v) is 9.56. The van der Waals surface area contributed by atoms with Crippen LogP contribution in [-0.4, -0.2) is 14.1 Å². The van der Waals surface area contributed by atoms with Crippen molar-refractivity contribution in [1.82, 2.24) is 14.1 Å². The maximum atomic E-state index is 13.2. The molecule has 1 unspecified atom stereocenters. The van der Waals surface area contributed by atoms with Gasteiger partial charge in [0.15, 0.2) is 5.65 Å². The second-order valence-electron chi connectivity index (χ2n) is 6.28. The highest BCUT2D eigenvalue weighted by Gasteiger charge is 2.21. The summed E-state index contributed by atoms with van der Waals surface area (Å²) < 4.78 is 3.47. The predicted molar refractivity (Wildman–Crippen MR) is 105 cm³/mol. The molecule has 3 aromatic rings.